The van der Waals surface area contributed by atoms with E-state index in [2.05, 4.69) is 5.32 Å². The predicted octanol–water partition coefficient (Wildman–Crippen LogP) is 2.99. The second kappa shape index (κ2) is 5.06. The van der Waals surface area contributed by atoms with Gasteiger partial charge in [0.05, 0.1) is 5.69 Å². The average Bonchev–Trinajstić information content (AvgIpc) is 2.42. The van der Waals surface area contributed by atoms with E-state index in [9.17, 15) is 9.90 Å². The van der Waals surface area contributed by atoms with Crippen LogP contribution in [0.3, 0.4) is 0 Å². The molecule has 102 valence electrons. The van der Waals surface area contributed by atoms with Crippen LogP contribution in [0, 0.1) is 0 Å². The van der Waals surface area contributed by atoms with Crippen LogP contribution in [0.25, 0.3) is 0 Å². The molecule has 5 heteroatoms. The maximum absolute atomic E-state index is 12.0. The van der Waals surface area contributed by atoms with Gasteiger partial charge in [-0.3, -0.25) is 4.79 Å². The average molecular weight is 290 g/mol. The number of anilines is 1. The van der Waals surface area contributed by atoms with Gasteiger partial charge in [-0.2, -0.15) is 0 Å². The van der Waals surface area contributed by atoms with E-state index >= 15 is 0 Å². The van der Waals surface area contributed by atoms with Crippen molar-refractivity contribution in [3.05, 3.63) is 53.1 Å². The topological polar surface area (TPSA) is 58.6 Å². The van der Waals surface area contributed by atoms with Gasteiger partial charge in [-0.25, -0.2) is 0 Å². The summed E-state index contributed by atoms with van der Waals surface area (Å²) in [6, 6.07) is 11.9. The Morgan fingerprint density at radius 2 is 1.95 bits per heavy atom. The number of carbonyl (C=O) groups is 1. The van der Waals surface area contributed by atoms with Crippen molar-refractivity contribution in [2.24, 2.45) is 0 Å². The SMILES string of the molecule is O=C1Nc2ccc(O)cc2OC1Cc1ccc(Cl)cc1. The van der Waals surface area contributed by atoms with Crippen molar-refractivity contribution in [2.45, 2.75) is 12.5 Å². The Labute approximate surface area is 120 Å². The molecule has 1 aliphatic rings. The first kappa shape index (κ1) is 12.8. The van der Waals surface area contributed by atoms with Crippen LogP contribution in [0.1, 0.15) is 5.56 Å². The van der Waals surface area contributed by atoms with E-state index in [1.54, 1.807) is 18.2 Å². The first-order valence-corrected chi connectivity index (χ1v) is 6.54. The summed E-state index contributed by atoms with van der Waals surface area (Å²) < 4.78 is 5.65. The number of carbonyl (C=O) groups excluding carboxylic acids is 1. The number of aromatic hydroxyl groups is 1. The van der Waals surface area contributed by atoms with Crippen LogP contribution in [0.2, 0.25) is 5.02 Å². The molecule has 3 rings (SSSR count). The Kier molecular flexibility index (Phi) is 3.24. The number of fused-ring (bicyclic) bond motifs is 1. The number of hydrogen-bond acceptors (Lipinski definition) is 3. The lowest BCUT2D eigenvalue weighted by Crippen LogP contribution is -2.38. The lowest BCUT2D eigenvalue weighted by Gasteiger charge is -2.26. The molecular formula is C15H12ClNO3. The molecule has 0 aliphatic carbocycles. The minimum Gasteiger partial charge on any atom is -0.508 e. The van der Waals surface area contributed by atoms with E-state index < -0.39 is 6.10 Å². The standard InChI is InChI=1S/C15H12ClNO3/c16-10-3-1-9(2-4-10)7-14-15(19)17-12-6-5-11(18)8-13(12)20-14/h1-6,8,14,18H,7H2,(H,17,19). The molecule has 0 bridgehead atoms. The number of amides is 1. The molecule has 4 nitrogen and oxygen atoms in total. The van der Waals surface area contributed by atoms with Gasteiger partial charge in [-0.05, 0) is 29.8 Å². The highest BCUT2D eigenvalue weighted by Crippen LogP contribution is 2.33. The molecule has 1 amide bonds. The van der Waals surface area contributed by atoms with Crippen molar-refractivity contribution >= 4 is 23.2 Å². The quantitative estimate of drug-likeness (QED) is 0.836. The Hall–Kier alpha value is -2.20. The summed E-state index contributed by atoms with van der Waals surface area (Å²) in [4.78, 5) is 12.0. The fraction of sp³-hybridized carbons (Fsp3) is 0.133. The molecule has 2 N–H and O–H groups in total. The lowest BCUT2D eigenvalue weighted by atomic mass is 10.1. The highest BCUT2D eigenvalue weighted by molar-refractivity contribution is 6.30. The summed E-state index contributed by atoms with van der Waals surface area (Å²) in [6.45, 7) is 0. The highest BCUT2D eigenvalue weighted by Gasteiger charge is 2.27. The fourth-order valence-electron chi connectivity index (χ4n) is 2.10. The monoisotopic (exact) mass is 289 g/mol. The maximum Gasteiger partial charge on any atom is 0.265 e. The molecule has 1 unspecified atom stereocenters. The van der Waals surface area contributed by atoms with Crippen molar-refractivity contribution in [1.29, 1.82) is 0 Å². The van der Waals surface area contributed by atoms with Crippen molar-refractivity contribution < 1.29 is 14.6 Å². The first-order chi connectivity index (χ1) is 9.61. The fourth-order valence-corrected chi connectivity index (χ4v) is 2.23. The van der Waals surface area contributed by atoms with Crippen LogP contribution in [-0.4, -0.2) is 17.1 Å². The van der Waals surface area contributed by atoms with Crippen LogP contribution >= 0.6 is 11.6 Å². The molecule has 1 heterocycles. The van der Waals surface area contributed by atoms with E-state index in [1.165, 1.54) is 12.1 Å². The minimum atomic E-state index is -0.620. The van der Waals surface area contributed by atoms with E-state index in [0.29, 0.717) is 22.9 Å². The van der Waals surface area contributed by atoms with E-state index in [1.807, 2.05) is 12.1 Å². The third-order valence-corrected chi connectivity index (χ3v) is 3.37. The minimum absolute atomic E-state index is 0.102. The summed E-state index contributed by atoms with van der Waals surface area (Å²) in [5, 5.41) is 12.9. The third kappa shape index (κ3) is 2.56. The molecule has 0 radical (unpaired) electrons. The third-order valence-electron chi connectivity index (χ3n) is 3.12. The summed E-state index contributed by atoms with van der Waals surface area (Å²) in [5.74, 6) is 0.381. The molecule has 2 aromatic carbocycles. The van der Waals surface area contributed by atoms with Gasteiger partial charge in [0.25, 0.3) is 5.91 Å². The molecule has 1 aliphatic heterocycles. The summed E-state index contributed by atoms with van der Waals surface area (Å²) in [7, 11) is 0. The van der Waals surface area contributed by atoms with Gasteiger partial charge in [0, 0.05) is 17.5 Å². The lowest BCUT2D eigenvalue weighted by molar-refractivity contribution is -0.123. The van der Waals surface area contributed by atoms with E-state index in [0.717, 1.165) is 5.56 Å². The van der Waals surface area contributed by atoms with Gasteiger partial charge in [0.2, 0.25) is 0 Å². The molecule has 0 saturated carbocycles. The zero-order chi connectivity index (χ0) is 14.1. The Morgan fingerprint density at radius 1 is 1.20 bits per heavy atom. The molecule has 1 atom stereocenters. The number of phenols is 1. The highest BCUT2D eigenvalue weighted by atomic mass is 35.5. The van der Waals surface area contributed by atoms with Crippen LogP contribution < -0.4 is 10.1 Å². The van der Waals surface area contributed by atoms with Crippen LogP contribution in [0.5, 0.6) is 11.5 Å². The molecule has 2 aromatic rings. The Morgan fingerprint density at radius 3 is 2.70 bits per heavy atom. The van der Waals surface area contributed by atoms with Crippen LogP contribution in [-0.2, 0) is 11.2 Å². The van der Waals surface area contributed by atoms with Gasteiger partial charge in [0.1, 0.15) is 11.5 Å². The van der Waals surface area contributed by atoms with Crippen LogP contribution in [0.15, 0.2) is 42.5 Å². The number of nitrogens with one attached hydrogen (secondary N) is 1. The van der Waals surface area contributed by atoms with Crippen molar-refractivity contribution in [1.82, 2.24) is 0 Å². The largest absolute Gasteiger partial charge is 0.508 e. The zero-order valence-corrected chi connectivity index (χ0v) is 11.2. The Bertz CT molecular complexity index is 655. The van der Waals surface area contributed by atoms with Gasteiger partial charge in [0.15, 0.2) is 6.10 Å². The molecular weight excluding hydrogens is 278 g/mol. The second-order valence-corrected chi connectivity index (χ2v) is 5.04. The summed E-state index contributed by atoms with van der Waals surface area (Å²) in [6.07, 6.45) is -0.177. The van der Waals surface area contributed by atoms with Gasteiger partial charge in [-0.1, -0.05) is 23.7 Å². The predicted molar refractivity (Wildman–Crippen MR) is 76.3 cm³/mol. The van der Waals surface area contributed by atoms with Crippen molar-refractivity contribution in [3.63, 3.8) is 0 Å². The smallest absolute Gasteiger partial charge is 0.265 e. The van der Waals surface area contributed by atoms with E-state index in [-0.39, 0.29) is 11.7 Å². The molecule has 0 saturated heterocycles. The molecule has 0 aromatic heterocycles. The normalized spacial score (nSPS) is 17.1. The Balaban J connectivity index is 1.81. The number of hydrogen-bond donors (Lipinski definition) is 2. The first-order valence-electron chi connectivity index (χ1n) is 6.17. The van der Waals surface area contributed by atoms with Gasteiger partial charge >= 0.3 is 0 Å². The molecule has 20 heavy (non-hydrogen) atoms. The maximum atomic E-state index is 12.0. The number of rotatable bonds is 2. The number of halogens is 1. The van der Waals surface area contributed by atoms with E-state index in [4.69, 9.17) is 16.3 Å². The summed E-state index contributed by atoms with van der Waals surface area (Å²) in [5.41, 5.74) is 1.53. The van der Waals surface area contributed by atoms with Gasteiger partial charge in [-0.15, -0.1) is 0 Å². The second-order valence-electron chi connectivity index (χ2n) is 4.61. The van der Waals surface area contributed by atoms with Gasteiger partial charge < -0.3 is 15.2 Å². The summed E-state index contributed by atoms with van der Waals surface area (Å²) >= 11 is 5.83. The van der Waals surface area contributed by atoms with Crippen molar-refractivity contribution in [3.8, 4) is 11.5 Å². The number of benzene rings is 2. The molecule has 0 spiro atoms. The number of ether oxygens (including phenoxy) is 1. The number of phenolic OH excluding ortho intramolecular Hbond substituents is 1. The zero-order valence-electron chi connectivity index (χ0n) is 10.5. The van der Waals surface area contributed by atoms with Crippen molar-refractivity contribution in [2.75, 3.05) is 5.32 Å². The van der Waals surface area contributed by atoms with Crippen LogP contribution in [0.4, 0.5) is 5.69 Å². The molecule has 0 fully saturated rings.